The number of carbonyl (C=O) groups excluding carboxylic acids is 1. The Kier molecular flexibility index (Phi) is 5.29. The van der Waals surface area contributed by atoms with E-state index >= 15 is 0 Å². The first-order chi connectivity index (χ1) is 14.2. The van der Waals surface area contributed by atoms with Crippen LogP contribution < -0.4 is 14.8 Å². The smallest absolute Gasteiger partial charge is 0.275 e. The first-order valence-electron chi connectivity index (χ1n) is 8.96. The van der Waals surface area contributed by atoms with Gasteiger partial charge in [-0.1, -0.05) is 12.1 Å². The number of rotatable bonds is 6. The van der Waals surface area contributed by atoms with Crippen LogP contribution in [0.1, 0.15) is 16.1 Å². The maximum atomic E-state index is 12.6. The number of pyridine rings is 1. The van der Waals surface area contributed by atoms with Crippen LogP contribution in [0.25, 0.3) is 11.0 Å². The van der Waals surface area contributed by atoms with Gasteiger partial charge in [-0.15, -0.1) is 0 Å². The third-order valence-corrected chi connectivity index (χ3v) is 4.25. The molecule has 2 aromatic carbocycles. The minimum Gasteiger partial charge on any atom is -0.493 e. The van der Waals surface area contributed by atoms with Crippen LogP contribution in [0.3, 0.4) is 0 Å². The predicted molar refractivity (Wildman–Crippen MR) is 109 cm³/mol. The number of methoxy groups -OCH3 is 1. The molecule has 0 unspecified atom stereocenters. The molecular formula is C22H18N4O3. The molecule has 1 N–H and O–H groups in total. The fourth-order valence-electron chi connectivity index (χ4n) is 2.77. The van der Waals surface area contributed by atoms with Gasteiger partial charge in [0.05, 0.1) is 24.3 Å². The van der Waals surface area contributed by atoms with Gasteiger partial charge in [0.2, 0.25) is 0 Å². The molecule has 0 aliphatic rings. The summed E-state index contributed by atoms with van der Waals surface area (Å²) in [5.41, 5.74) is 3.17. The first kappa shape index (κ1) is 18.4. The van der Waals surface area contributed by atoms with Crippen molar-refractivity contribution >= 4 is 22.6 Å². The largest absolute Gasteiger partial charge is 0.493 e. The van der Waals surface area contributed by atoms with Crippen LogP contribution in [0.2, 0.25) is 0 Å². The molecule has 29 heavy (non-hydrogen) atoms. The molecule has 1 amide bonds. The monoisotopic (exact) mass is 386 g/mol. The van der Waals surface area contributed by atoms with Crippen LogP contribution >= 0.6 is 0 Å². The minimum absolute atomic E-state index is 0.235. The Hall–Kier alpha value is -4.00. The lowest BCUT2D eigenvalue weighted by atomic mass is 10.2. The summed E-state index contributed by atoms with van der Waals surface area (Å²) in [5.74, 6) is 0.739. The Morgan fingerprint density at radius 1 is 1.00 bits per heavy atom. The van der Waals surface area contributed by atoms with Crippen molar-refractivity contribution in [1.29, 1.82) is 0 Å². The van der Waals surface area contributed by atoms with Crippen LogP contribution in [-0.4, -0.2) is 28.0 Å². The molecule has 2 heterocycles. The molecule has 0 saturated heterocycles. The summed E-state index contributed by atoms with van der Waals surface area (Å²) in [6, 6.07) is 16.3. The molecular weight excluding hydrogens is 368 g/mol. The molecule has 7 heteroatoms. The summed E-state index contributed by atoms with van der Waals surface area (Å²) < 4.78 is 11.2. The zero-order chi connectivity index (χ0) is 20.1. The second kappa shape index (κ2) is 8.35. The molecule has 0 aliphatic heterocycles. The number of para-hydroxylation sites is 2. The summed E-state index contributed by atoms with van der Waals surface area (Å²) >= 11 is 0. The van der Waals surface area contributed by atoms with E-state index in [1.54, 1.807) is 37.7 Å². The number of aromatic nitrogens is 3. The van der Waals surface area contributed by atoms with Crippen molar-refractivity contribution in [3.05, 3.63) is 84.4 Å². The number of amides is 1. The van der Waals surface area contributed by atoms with Gasteiger partial charge in [-0.25, -0.2) is 4.98 Å². The average Bonchev–Trinajstić information content (AvgIpc) is 2.78. The highest BCUT2D eigenvalue weighted by molar-refractivity contribution is 6.03. The van der Waals surface area contributed by atoms with Gasteiger partial charge in [0.1, 0.15) is 12.3 Å². The third kappa shape index (κ3) is 4.30. The number of fused-ring (bicyclic) bond motifs is 1. The van der Waals surface area contributed by atoms with E-state index in [1.165, 1.54) is 6.20 Å². The summed E-state index contributed by atoms with van der Waals surface area (Å²) in [4.78, 5) is 25.2. The standard InChI is InChI=1S/C22H18N4O3/c1-28-20-7-6-16(12-21(20)29-14-15-8-10-23-11-9-15)25-22(27)19-13-24-17-4-2-3-5-18(17)26-19/h2-13H,14H2,1H3,(H,25,27). The van der Waals surface area contributed by atoms with Crippen LogP contribution in [-0.2, 0) is 6.61 Å². The van der Waals surface area contributed by atoms with Crippen molar-refractivity contribution in [3.63, 3.8) is 0 Å². The van der Waals surface area contributed by atoms with Gasteiger partial charge >= 0.3 is 0 Å². The van der Waals surface area contributed by atoms with Crippen LogP contribution in [0, 0.1) is 0 Å². The zero-order valence-electron chi connectivity index (χ0n) is 15.7. The van der Waals surface area contributed by atoms with Crippen molar-refractivity contribution in [3.8, 4) is 11.5 Å². The predicted octanol–water partition coefficient (Wildman–Crippen LogP) is 3.86. The highest BCUT2D eigenvalue weighted by atomic mass is 16.5. The van der Waals surface area contributed by atoms with Gasteiger partial charge in [0, 0.05) is 24.1 Å². The highest BCUT2D eigenvalue weighted by Crippen LogP contribution is 2.31. The van der Waals surface area contributed by atoms with Gasteiger partial charge in [0.25, 0.3) is 5.91 Å². The lowest BCUT2D eigenvalue weighted by Gasteiger charge is -2.13. The van der Waals surface area contributed by atoms with Crippen molar-refractivity contribution in [2.24, 2.45) is 0 Å². The maximum Gasteiger partial charge on any atom is 0.275 e. The van der Waals surface area contributed by atoms with Gasteiger partial charge in [-0.2, -0.15) is 0 Å². The first-order valence-corrected chi connectivity index (χ1v) is 8.96. The van der Waals surface area contributed by atoms with E-state index in [4.69, 9.17) is 9.47 Å². The van der Waals surface area contributed by atoms with Crippen LogP contribution in [0.15, 0.2) is 73.2 Å². The third-order valence-electron chi connectivity index (χ3n) is 4.25. The van der Waals surface area contributed by atoms with E-state index in [0.29, 0.717) is 29.3 Å². The number of carbonyl (C=O) groups is 1. The minimum atomic E-state index is -0.353. The van der Waals surface area contributed by atoms with E-state index in [9.17, 15) is 4.79 Å². The molecule has 4 aromatic rings. The molecule has 0 spiro atoms. The fraction of sp³-hybridized carbons (Fsp3) is 0.0909. The van der Waals surface area contributed by atoms with Gasteiger partial charge < -0.3 is 14.8 Å². The van der Waals surface area contributed by atoms with E-state index in [1.807, 2.05) is 36.4 Å². The van der Waals surface area contributed by atoms with E-state index in [0.717, 1.165) is 11.1 Å². The number of hydrogen-bond donors (Lipinski definition) is 1. The Morgan fingerprint density at radius 2 is 1.79 bits per heavy atom. The highest BCUT2D eigenvalue weighted by Gasteiger charge is 2.12. The molecule has 144 valence electrons. The molecule has 0 fully saturated rings. The Bertz CT molecular complexity index is 1150. The topological polar surface area (TPSA) is 86.2 Å². The number of hydrogen-bond acceptors (Lipinski definition) is 6. The lowest BCUT2D eigenvalue weighted by Crippen LogP contribution is -2.14. The summed E-state index contributed by atoms with van der Waals surface area (Å²) in [5, 5.41) is 2.83. The maximum absolute atomic E-state index is 12.6. The van der Waals surface area contributed by atoms with Crippen molar-refractivity contribution < 1.29 is 14.3 Å². The SMILES string of the molecule is COc1ccc(NC(=O)c2cnc3ccccc3n2)cc1OCc1ccncc1. The van der Waals surface area contributed by atoms with Crippen molar-refractivity contribution in [2.45, 2.75) is 6.61 Å². The fourth-order valence-corrected chi connectivity index (χ4v) is 2.77. The number of ether oxygens (including phenoxy) is 2. The number of nitrogens with one attached hydrogen (secondary N) is 1. The molecule has 4 rings (SSSR count). The van der Waals surface area contributed by atoms with Gasteiger partial charge in [0.15, 0.2) is 11.5 Å². The van der Waals surface area contributed by atoms with Crippen LogP contribution in [0.5, 0.6) is 11.5 Å². The normalized spacial score (nSPS) is 10.5. The molecule has 0 radical (unpaired) electrons. The molecule has 0 atom stereocenters. The number of anilines is 1. The number of nitrogens with zero attached hydrogens (tertiary/aromatic N) is 3. The lowest BCUT2D eigenvalue weighted by molar-refractivity contribution is 0.102. The Morgan fingerprint density at radius 3 is 2.59 bits per heavy atom. The second-order valence-electron chi connectivity index (χ2n) is 6.21. The van der Waals surface area contributed by atoms with E-state index in [2.05, 4.69) is 20.3 Å². The average molecular weight is 386 g/mol. The van der Waals surface area contributed by atoms with Crippen molar-refractivity contribution in [1.82, 2.24) is 15.0 Å². The van der Waals surface area contributed by atoms with E-state index < -0.39 is 0 Å². The zero-order valence-corrected chi connectivity index (χ0v) is 15.7. The Balaban J connectivity index is 1.52. The van der Waals surface area contributed by atoms with Gasteiger partial charge in [-0.05, 0) is 42.0 Å². The summed E-state index contributed by atoms with van der Waals surface area (Å²) in [6.07, 6.45) is 4.87. The van der Waals surface area contributed by atoms with Crippen LogP contribution in [0.4, 0.5) is 5.69 Å². The quantitative estimate of drug-likeness (QED) is 0.541. The summed E-state index contributed by atoms with van der Waals surface area (Å²) in [7, 11) is 1.57. The molecule has 0 bridgehead atoms. The molecule has 2 aromatic heterocycles. The second-order valence-corrected chi connectivity index (χ2v) is 6.21. The number of benzene rings is 2. The Labute approximate surface area is 167 Å². The van der Waals surface area contributed by atoms with Gasteiger partial charge in [-0.3, -0.25) is 14.8 Å². The summed E-state index contributed by atoms with van der Waals surface area (Å²) in [6.45, 7) is 0.354. The molecule has 7 nitrogen and oxygen atoms in total. The molecule has 0 saturated carbocycles. The molecule has 0 aliphatic carbocycles. The van der Waals surface area contributed by atoms with Crippen molar-refractivity contribution in [2.75, 3.05) is 12.4 Å². The van der Waals surface area contributed by atoms with E-state index in [-0.39, 0.29) is 11.6 Å².